The molecule has 25 heavy (non-hydrogen) atoms. The molecule has 2 heterocycles. The van der Waals surface area contributed by atoms with Gasteiger partial charge in [-0.2, -0.15) is 0 Å². The fourth-order valence-corrected chi connectivity index (χ4v) is 3.59. The first-order valence-corrected chi connectivity index (χ1v) is 9.29. The summed E-state index contributed by atoms with van der Waals surface area (Å²) in [7, 11) is 0. The van der Waals surface area contributed by atoms with Crippen LogP contribution in [-0.4, -0.2) is 29.7 Å². The van der Waals surface area contributed by atoms with E-state index in [0.717, 1.165) is 12.8 Å². The molecule has 7 nitrogen and oxygen atoms in total. The van der Waals surface area contributed by atoms with E-state index in [9.17, 15) is 19.2 Å². The quantitative estimate of drug-likeness (QED) is 0.624. The van der Waals surface area contributed by atoms with Crippen LogP contribution >= 0.6 is 22.9 Å². The lowest BCUT2D eigenvalue weighted by atomic mass is 10.1. The van der Waals surface area contributed by atoms with Crippen molar-refractivity contribution in [2.75, 3.05) is 5.32 Å². The summed E-state index contributed by atoms with van der Waals surface area (Å²) in [6.45, 7) is 2.00. The molecule has 4 amide bonds. The summed E-state index contributed by atoms with van der Waals surface area (Å²) in [6, 6.07) is 0.910. The van der Waals surface area contributed by atoms with Crippen LogP contribution in [0.5, 0.6) is 0 Å². The molecule has 1 aliphatic rings. The first-order valence-electron chi connectivity index (χ1n) is 8.10. The normalized spacial score (nSPS) is 17.1. The molecule has 2 rings (SSSR count). The second-order valence-corrected chi connectivity index (χ2v) is 7.49. The SMILES string of the molecule is CCCCC(=O)Nc1sc(Cl)cc1CC(=O)NC1CCC(=O)NC1=O. The van der Waals surface area contributed by atoms with E-state index in [0.29, 0.717) is 21.3 Å². The molecule has 136 valence electrons. The van der Waals surface area contributed by atoms with Crippen LogP contribution in [0.3, 0.4) is 0 Å². The Morgan fingerprint density at radius 2 is 2.12 bits per heavy atom. The van der Waals surface area contributed by atoms with Crippen molar-refractivity contribution in [3.63, 3.8) is 0 Å². The van der Waals surface area contributed by atoms with E-state index in [1.54, 1.807) is 6.07 Å². The lowest BCUT2D eigenvalue weighted by Crippen LogP contribution is -2.52. The molecule has 0 aromatic carbocycles. The first kappa shape index (κ1) is 19.4. The van der Waals surface area contributed by atoms with Gasteiger partial charge < -0.3 is 10.6 Å². The van der Waals surface area contributed by atoms with Gasteiger partial charge in [-0.05, 0) is 24.5 Å². The third-order valence-electron chi connectivity index (χ3n) is 3.71. The number of carbonyl (C=O) groups is 4. The molecule has 0 bridgehead atoms. The number of imide groups is 1. The van der Waals surface area contributed by atoms with E-state index in [1.807, 2.05) is 6.92 Å². The van der Waals surface area contributed by atoms with Gasteiger partial charge in [0.25, 0.3) is 0 Å². The Labute approximate surface area is 154 Å². The smallest absolute Gasteiger partial charge is 0.249 e. The number of anilines is 1. The van der Waals surface area contributed by atoms with Gasteiger partial charge in [0.1, 0.15) is 11.0 Å². The number of hydrogen-bond acceptors (Lipinski definition) is 5. The highest BCUT2D eigenvalue weighted by Gasteiger charge is 2.28. The van der Waals surface area contributed by atoms with Crippen molar-refractivity contribution in [3.05, 3.63) is 16.0 Å². The van der Waals surface area contributed by atoms with Crippen LogP contribution in [-0.2, 0) is 25.6 Å². The highest BCUT2D eigenvalue weighted by atomic mass is 35.5. The van der Waals surface area contributed by atoms with Gasteiger partial charge >= 0.3 is 0 Å². The zero-order valence-corrected chi connectivity index (χ0v) is 15.4. The van der Waals surface area contributed by atoms with Crippen LogP contribution in [0.4, 0.5) is 5.00 Å². The van der Waals surface area contributed by atoms with E-state index in [-0.39, 0.29) is 37.0 Å². The average molecular weight is 386 g/mol. The molecule has 1 atom stereocenters. The molecule has 1 unspecified atom stereocenters. The minimum absolute atomic E-state index is 0.00959. The zero-order valence-electron chi connectivity index (χ0n) is 13.8. The number of unbranched alkanes of at least 4 members (excludes halogenated alkanes) is 1. The van der Waals surface area contributed by atoms with Crippen LogP contribution < -0.4 is 16.0 Å². The lowest BCUT2D eigenvalue weighted by Gasteiger charge is -2.21. The number of nitrogens with one attached hydrogen (secondary N) is 3. The van der Waals surface area contributed by atoms with Gasteiger partial charge in [0.05, 0.1) is 10.8 Å². The Bertz CT molecular complexity index is 689. The number of carbonyl (C=O) groups excluding carboxylic acids is 4. The summed E-state index contributed by atoms with van der Waals surface area (Å²) in [5, 5.41) is 8.13. The van der Waals surface area contributed by atoms with Gasteiger partial charge in [0, 0.05) is 12.8 Å². The zero-order chi connectivity index (χ0) is 18.4. The standard InChI is InChI=1S/C16H20ClN3O4S/c1-2-3-4-12(21)20-16-9(7-11(17)25-16)8-14(23)18-10-5-6-13(22)19-15(10)24/h7,10H,2-6,8H2,1H3,(H,18,23)(H,20,21)(H,19,22,24). The highest BCUT2D eigenvalue weighted by molar-refractivity contribution is 7.20. The Hall–Kier alpha value is -1.93. The third kappa shape index (κ3) is 5.82. The Kier molecular flexibility index (Phi) is 6.95. The van der Waals surface area contributed by atoms with E-state index in [1.165, 1.54) is 11.3 Å². The molecule has 1 saturated heterocycles. The molecular weight excluding hydrogens is 366 g/mol. The molecule has 0 aliphatic carbocycles. The van der Waals surface area contributed by atoms with Crippen molar-refractivity contribution in [1.29, 1.82) is 0 Å². The van der Waals surface area contributed by atoms with E-state index < -0.39 is 11.9 Å². The topological polar surface area (TPSA) is 104 Å². The first-order chi connectivity index (χ1) is 11.9. The van der Waals surface area contributed by atoms with Crippen molar-refractivity contribution in [2.24, 2.45) is 0 Å². The Balaban J connectivity index is 1.95. The van der Waals surface area contributed by atoms with Crippen molar-refractivity contribution < 1.29 is 19.2 Å². The van der Waals surface area contributed by atoms with Crippen molar-refractivity contribution >= 4 is 51.6 Å². The van der Waals surface area contributed by atoms with E-state index in [4.69, 9.17) is 11.6 Å². The number of hydrogen-bond donors (Lipinski definition) is 3. The molecule has 0 spiro atoms. The lowest BCUT2D eigenvalue weighted by molar-refractivity contribution is -0.137. The summed E-state index contributed by atoms with van der Waals surface area (Å²) in [5.41, 5.74) is 0.602. The second-order valence-electron chi connectivity index (χ2n) is 5.80. The second kappa shape index (κ2) is 8.96. The fraction of sp³-hybridized carbons (Fsp3) is 0.500. The van der Waals surface area contributed by atoms with E-state index in [2.05, 4.69) is 16.0 Å². The molecule has 1 aliphatic heterocycles. The maximum absolute atomic E-state index is 12.2. The number of piperidine rings is 1. The fourth-order valence-electron chi connectivity index (χ4n) is 2.41. The van der Waals surface area contributed by atoms with Crippen molar-refractivity contribution in [3.8, 4) is 0 Å². The monoisotopic (exact) mass is 385 g/mol. The predicted molar refractivity (Wildman–Crippen MR) is 95.5 cm³/mol. The van der Waals surface area contributed by atoms with E-state index >= 15 is 0 Å². The number of thiophene rings is 1. The summed E-state index contributed by atoms with van der Waals surface area (Å²) in [5.74, 6) is -1.32. The molecule has 1 aromatic heterocycles. The summed E-state index contributed by atoms with van der Waals surface area (Å²) in [6.07, 6.45) is 2.58. The summed E-state index contributed by atoms with van der Waals surface area (Å²) >= 11 is 7.20. The van der Waals surface area contributed by atoms with Crippen LogP contribution in [0, 0.1) is 0 Å². The number of rotatable bonds is 7. The minimum Gasteiger partial charge on any atom is -0.344 e. The van der Waals surface area contributed by atoms with Crippen LogP contribution in [0.25, 0.3) is 0 Å². The molecule has 1 fully saturated rings. The Morgan fingerprint density at radius 1 is 1.36 bits per heavy atom. The van der Waals surface area contributed by atoms with Crippen LogP contribution in [0.2, 0.25) is 4.34 Å². The van der Waals surface area contributed by atoms with Crippen LogP contribution in [0.15, 0.2) is 6.07 Å². The van der Waals surface area contributed by atoms with Gasteiger partial charge in [-0.25, -0.2) is 0 Å². The maximum atomic E-state index is 12.2. The third-order valence-corrected chi connectivity index (χ3v) is 4.94. The van der Waals surface area contributed by atoms with Crippen molar-refractivity contribution in [1.82, 2.24) is 10.6 Å². The minimum atomic E-state index is -0.720. The molecule has 9 heteroatoms. The van der Waals surface area contributed by atoms with Gasteiger partial charge in [-0.1, -0.05) is 24.9 Å². The molecular formula is C16H20ClN3O4S. The summed E-state index contributed by atoms with van der Waals surface area (Å²) in [4.78, 5) is 46.9. The predicted octanol–water partition coefficient (Wildman–Crippen LogP) is 1.99. The van der Waals surface area contributed by atoms with Gasteiger partial charge in [0.15, 0.2) is 0 Å². The van der Waals surface area contributed by atoms with Gasteiger partial charge in [-0.15, -0.1) is 11.3 Å². The van der Waals surface area contributed by atoms with Gasteiger partial charge in [0.2, 0.25) is 23.6 Å². The average Bonchev–Trinajstić information content (AvgIpc) is 2.87. The number of halogens is 1. The molecule has 1 aromatic rings. The molecule has 0 radical (unpaired) electrons. The van der Waals surface area contributed by atoms with Crippen LogP contribution in [0.1, 0.15) is 44.6 Å². The highest BCUT2D eigenvalue weighted by Crippen LogP contribution is 2.32. The summed E-state index contributed by atoms with van der Waals surface area (Å²) < 4.78 is 0.467. The Morgan fingerprint density at radius 3 is 2.80 bits per heavy atom. The molecule has 3 N–H and O–H groups in total. The van der Waals surface area contributed by atoms with Crippen molar-refractivity contribution in [2.45, 2.75) is 51.5 Å². The molecule has 0 saturated carbocycles. The largest absolute Gasteiger partial charge is 0.344 e. The number of amides is 4. The van der Waals surface area contributed by atoms with Gasteiger partial charge in [-0.3, -0.25) is 24.5 Å². The maximum Gasteiger partial charge on any atom is 0.249 e.